The number of rotatable bonds is 5. The summed E-state index contributed by atoms with van der Waals surface area (Å²) in [6, 6.07) is 11.4. The van der Waals surface area contributed by atoms with Gasteiger partial charge in [0.1, 0.15) is 11.4 Å². The number of aryl methyl sites for hydroxylation is 2. The maximum Gasteiger partial charge on any atom is 0.155 e. The van der Waals surface area contributed by atoms with Crippen LogP contribution in [-0.2, 0) is 0 Å². The van der Waals surface area contributed by atoms with Crippen LogP contribution in [0, 0.1) is 13.8 Å². The first-order valence-electron chi connectivity index (χ1n) is 10.5. The van der Waals surface area contributed by atoms with Crippen molar-refractivity contribution in [3.63, 3.8) is 0 Å². The van der Waals surface area contributed by atoms with Crippen LogP contribution in [-0.4, -0.2) is 5.11 Å². The Morgan fingerprint density at radius 2 is 1.46 bits per heavy atom. The molecule has 0 spiro atoms. The lowest BCUT2D eigenvalue weighted by Crippen LogP contribution is -2.06. The highest BCUT2D eigenvalue weighted by Crippen LogP contribution is 2.29. The summed E-state index contributed by atoms with van der Waals surface area (Å²) in [5.41, 5.74) is 6.59. The molecule has 0 radical (unpaired) electrons. The number of hydrogen-bond donors (Lipinski definition) is 2. The zero-order valence-electron chi connectivity index (χ0n) is 19.4. The van der Waals surface area contributed by atoms with Gasteiger partial charge in [0.25, 0.3) is 0 Å². The highest BCUT2D eigenvalue weighted by molar-refractivity contribution is 5.71. The molecule has 0 aliphatic carbocycles. The minimum Gasteiger partial charge on any atom is -0.506 e. The molecule has 0 aromatic heterocycles. The molecule has 0 aliphatic rings. The first kappa shape index (κ1) is 27.8. The van der Waals surface area contributed by atoms with Crippen LogP contribution in [0.1, 0.15) is 78.0 Å². The van der Waals surface area contributed by atoms with E-state index < -0.39 is 0 Å². The third-order valence-corrected chi connectivity index (χ3v) is 3.07. The second-order valence-corrected chi connectivity index (χ2v) is 5.79. The van der Waals surface area contributed by atoms with Gasteiger partial charge < -0.3 is 9.94 Å². The Morgan fingerprint density at radius 3 is 1.96 bits per heavy atom. The standard InChI is InChI=1S/C18H21NO2.C3H8.2C2H6/c1-4-5-7-15-8-6-9-17(20)18(15)19-21-16-11-13(2)10-14(3)12-16;1-3-2;2*1-2/h5-12,19-20H,4H2,1-3H3;3H2,1-2H3;2*1-2H3/b7-5-;;;. The number of phenolic OH excluding ortho intramolecular Hbond substituents is 1. The molecule has 0 fully saturated rings. The van der Waals surface area contributed by atoms with E-state index >= 15 is 0 Å². The van der Waals surface area contributed by atoms with Crippen molar-refractivity contribution in [3.05, 3.63) is 59.2 Å². The first-order valence-corrected chi connectivity index (χ1v) is 10.5. The maximum absolute atomic E-state index is 10.0. The number of phenols is 1. The second kappa shape index (κ2) is 18.0. The molecule has 0 saturated carbocycles. The molecule has 0 atom stereocenters. The van der Waals surface area contributed by atoms with E-state index in [9.17, 15) is 5.11 Å². The fraction of sp³-hybridized carbons (Fsp3) is 0.440. The molecule has 2 aromatic rings. The maximum atomic E-state index is 10.0. The third kappa shape index (κ3) is 11.3. The van der Waals surface area contributed by atoms with Gasteiger partial charge in [-0.1, -0.05) is 85.2 Å². The van der Waals surface area contributed by atoms with E-state index in [-0.39, 0.29) is 5.75 Å². The van der Waals surface area contributed by atoms with Crippen LogP contribution in [0.5, 0.6) is 11.5 Å². The van der Waals surface area contributed by atoms with Gasteiger partial charge >= 0.3 is 0 Å². The van der Waals surface area contributed by atoms with Crippen LogP contribution in [0.2, 0.25) is 0 Å². The van der Waals surface area contributed by atoms with Crippen molar-refractivity contribution < 1.29 is 9.94 Å². The summed E-state index contributed by atoms with van der Waals surface area (Å²) >= 11 is 0. The highest BCUT2D eigenvalue weighted by Gasteiger charge is 2.06. The predicted octanol–water partition coefficient (Wildman–Crippen LogP) is 8.31. The topological polar surface area (TPSA) is 41.5 Å². The summed E-state index contributed by atoms with van der Waals surface area (Å²) in [6.07, 6.45) is 6.19. The number of para-hydroxylation sites is 1. The predicted molar refractivity (Wildman–Crippen MR) is 126 cm³/mol. The van der Waals surface area contributed by atoms with Gasteiger partial charge in [0.2, 0.25) is 0 Å². The minimum absolute atomic E-state index is 0.164. The number of nitrogens with one attached hydrogen (secondary N) is 1. The molecular weight excluding hydrogens is 346 g/mol. The number of benzene rings is 2. The molecule has 0 amide bonds. The fourth-order valence-electron chi connectivity index (χ4n) is 2.15. The molecule has 28 heavy (non-hydrogen) atoms. The van der Waals surface area contributed by atoms with Gasteiger partial charge in [0, 0.05) is 5.56 Å². The summed E-state index contributed by atoms with van der Waals surface area (Å²) in [7, 11) is 0. The number of anilines is 1. The van der Waals surface area contributed by atoms with E-state index in [0.29, 0.717) is 5.69 Å². The van der Waals surface area contributed by atoms with Crippen molar-refractivity contribution in [2.24, 2.45) is 0 Å². The average Bonchev–Trinajstić information content (AvgIpc) is 2.68. The van der Waals surface area contributed by atoms with Crippen LogP contribution >= 0.6 is 0 Å². The summed E-state index contributed by atoms with van der Waals surface area (Å²) < 4.78 is 0. The van der Waals surface area contributed by atoms with Crippen LogP contribution in [0.3, 0.4) is 0 Å². The van der Waals surface area contributed by atoms with Crippen molar-refractivity contribution in [2.45, 2.75) is 75.2 Å². The summed E-state index contributed by atoms with van der Waals surface area (Å²) in [6.45, 7) is 18.4. The van der Waals surface area contributed by atoms with Crippen molar-refractivity contribution in [2.75, 3.05) is 5.48 Å². The first-order chi connectivity index (χ1) is 13.5. The molecule has 0 heterocycles. The van der Waals surface area contributed by atoms with Crippen molar-refractivity contribution in [1.29, 1.82) is 0 Å². The highest BCUT2D eigenvalue weighted by atomic mass is 16.6. The molecule has 2 N–H and O–H groups in total. The molecular formula is C25H41NO2. The van der Waals surface area contributed by atoms with Crippen molar-refractivity contribution >= 4 is 11.8 Å². The number of allylic oxidation sites excluding steroid dienone is 1. The lowest BCUT2D eigenvalue weighted by molar-refractivity contribution is 0.395. The Balaban J connectivity index is 0. The lowest BCUT2D eigenvalue weighted by atomic mass is 10.1. The summed E-state index contributed by atoms with van der Waals surface area (Å²) in [5, 5.41) is 10.0. The summed E-state index contributed by atoms with van der Waals surface area (Å²) in [5.74, 6) is 0.888. The van der Waals surface area contributed by atoms with Gasteiger partial charge in [-0.25, -0.2) is 5.48 Å². The van der Waals surface area contributed by atoms with E-state index in [1.54, 1.807) is 6.07 Å². The largest absolute Gasteiger partial charge is 0.506 e. The zero-order chi connectivity index (χ0) is 21.9. The Labute approximate surface area is 173 Å². The Morgan fingerprint density at radius 1 is 0.929 bits per heavy atom. The molecule has 3 heteroatoms. The van der Waals surface area contributed by atoms with Gasteiger partial charge in [0.05, 0.1) is 0 Å². The molecule has 2 aromatic carbocycles. The van der Waals surface area contributed by atoms with Crippen molar-refractivity contribution in [3.8, 4) is 11.5 Å². The smallest absolute Gasteiger partial charge is 0.155 e. The molecule has 0 saturated heterocycles. The Kier molecular flexibility index (Phi) is 17.8. The fourth-order valence-corrected chi connectivity index (χ4v) is 2.15. The van der Waals surface area contributed by atoms with E-state index in [0.717, 1.165) is 28.9 Å². The van der Waals surface area contributed by atoms with Gasteiger partial charge in [-0.3, -0.25) is 0 Å². The van der Waals surface area contributed by atoms with E-state index in [4.69, 9.17) is 4.84 Å². The van der Waals surface area contributed by atoms with Gasteiger partial charge in [-0.15, -0.1) is 0 Å². The monoisotopic (exact) mass is 387 g/mol. The van der Waals surface area contributed by atoms with Crippen LogP contribution < -0.4 is 10.3 Å². The van der Waals surface area contributed by atoms with Gasteiger partial charge in [-0.05, 0) is 49.6 Å². The lowest BCUT2D eigenvalue weighted by Gasteiger charge is -2.13. The molecule has 2 rings (SSSR count). The molecule has 0 aliphatic heterocycles. The molecule has 0 bridgehead atoms. The quantitative estimate of drug-likeness (QED) is 0.400. The van der Waals surface area contributed by atoms with Gasteiger partial charge in [0.15, 0.2) is 5.75 Å². The number of hydrogen-bond acceptors (Lipinski definition) is 3. The SMILES string of the molecule is CC.CC.CC/C=C\c1cccc(O)c1NOc1cc(C)cc(C)c1.CCC. The van der Waals surface area contributed by atoms with E-state index in [1.165, 1.54) is 6.42 Å². The van der Waals surface area contributed by atoms with E-state index in [1.807, 2.05) is 78.0 Å². The van der Waals surface area contributed by atoms with Crippen LogP contribution in [0.4, 0.5) is 5.69 Å². The minimum atomic E-state index is 0.164. The third-order valence-electron chi connectivity index (χ3n) is 3.07. The molecule has 0 unspecified atom stereocenters. The Hall–Kier alpha value is -2.42. The van der Waals surface area contributed by atoms with E-state index in [2.05, 4.69) is 32.3 Å². The van der Waals surface area contributed by atoms with Gasteiger partial charge in [-0.2, -0.15) is 0 Å². The molecule has 158 valence electrons. The Bertz CT molecular complexity index is 643. The normalized spacial score (nSPS) is 9.18. The zero-order valence-corrected chi connectivity index (χ0v) is 19.4. The van der Waals surface area contributed by atoms with Crippen LogP contribution in [0.15, 0.2) is 42.5 Å². The van der Waals surface area contributed by atoms with Crippen LogP contribution in [0.25, 0.3) is 6.08 Å². The van der Waals surface area contributed by atoms with Crippen molar-refractivity contribution in [1.82, 2.24) is 0 Å². The molecule has 3 nitrogen and oxygen atoms in total. The summed E-state index contributed by atoms with van der Waals surface area (Å²) in [4.78, 5) is 5.61. The average molecular weight is 388 g/mol. The number of aromatic hydroxyl groups is 1. The second-order valence-electron chi connectivity index (χ2n) is 5.79.